The fourth-order valence-electron chi connectivity index (χ4n) is 3.29. The number of nitrogens with zero attached hydrogens (tertiary/aromatic N) is 1. The van der Waals surface area contributed by atoms with Crippen molar-refractivity contribution in [2.75, 3.05) is 7.11 Å². The van der Waals surface area contributed by atoms with Crippen LogP contribution < -0.4 is 15.5 Å². The van der Waals surface area contributed by atoms with Gasteiger partial charge in [0.15, 0.2) is 5.43 Å². The Morgan fingerprint density at radius 3 is 2.47 bits per heavy atom. The number of fused-ring (bicyclic) bond motifs is 1. The summed E-state index contributed by atoms with van der Waals surface area (Å²) < 4.78 is 7.27. The van der Waals surface area contributed by atoms with Gasteiger partial charge in [-0.3, -0.25) is 9.59 Å². The summed E-state index contributed by atoms with van der Waals surface area (Å²) in [7, 11) is 1.59. The standard InChI is InChI=1S/C24H19ClN2O3/c1-30-20-11-12-21-22(13-20)27(19-5-3-2-4-6-19)15-17(23(21)28)14-26-24(29)16-7-9-18(25)10-8-16/h2-13,15H,14H2,1H3,(H,26,29). The predicted molar refractivity (Wildman–Crippen MR) is 119 cm³/mol. The molecule has 0 spiro atoms. The summed E-state index contributed by atoms with van der Waals surface area (Å²) in [5, 5.41) is 3.93. The molecule has 1 heterocycles. The van der Waals surface area contributed by atoms with Crippen LogP contribution in [0.5, 0.6) is 5.75 Å². The lowest BCUT2D eigenvalue weighted by Crippen LogP contribution is -2.27. The van der Waals surface area contributed by atoms with Crippen LogP contribution in [0.1, 0.15) is 15.9 Å². The molecule has 5 nitrogen and oxygen atoms in total. The Bertz CT molecular complexity index is 1270. The summed E-state index contributed by atoms with van der Waals surface area (Å²) in [5.41, 5.74) is 2.47. The van der Waals surface area contributed by atoms with Crippen LogP contribution in [0.4, 0.5) is 0 Å². The summed E-state index contributed by atoms with van der Waals surface area (Å²) in [6.07, 6.45) is 1.77. The quantitative estimate of drug-likeness (QED) is 0.516. The highest BCUT2D eigenvalue weighted by atomic mass is 35.5. The Kier molecular flexibility index (Phi) is 5.55. The van der Waals surface area contributed by atoms with Crippen molar-refractivity contribution < 1.29 is 9.53 Å². The first-order valence-electron chi connectivity index (χ1n) is 9.38. The van der Waals surface area contributed by atoms with Gasteiger partial charge in [0, 0.05) is 46.0 Å². The second-order valence-corrected chi connectivity index (χ2v) is 7.20. The highest BCUT2D eigenvalue weighted by Crippen LogP contribution is 2.22. The number of para-hydroxylation sites is 1. The first kappa shape index (κ1) is 19.7. The smallest absolute Gasteiger partial charge is 0.251 e. The van der Waals surface area contributed by atoms with Crippen molar-refractivity contribution in [2.24, 2.45) is 0 Å². The molecule has 1 aromatic heterocycles. The molecular weight excluding hydrogens is 400 g/mol. The van der Waals surface area contributed by atoms with E-state index in [1.165, 1.54) is 0 Å². The van der Waals surface area contributed by atoms with Crippen molar-refractivity contribution in [1.82, 2.24) is 9.88 Å². The zero-order valence-corrected chi connectivity index (χ0v) is 17.0. The van der Waals surface area contributed by atoms with E-state index in [1.54, 1.807) is 49.7 Å². The first-order valence-corrected chi connectivity index (χ1v) is 9.76. The van der Waals surface area contributed by atoms with Gasteiger partial charge < -0.3 is 14.6 Å². The Balaban J connectivity index is 1.75. The van der Waals surface area contributed by atoms with E-state index >= 15 is 0 Å². The van der Waals surface area contributed by atoms with Gasteiger partial charge in [-0.05, 0) is 48.5 Å². The fourth-order valence-corrected chi connectivity index (χ4v) is 3.42. The molecule has 30 heavy (non-hydrogen) atoms. The minimum atomic E-state index is -0.271. The molecule has 150 valence electrons. The summed E-state index contributed by atoms with van der Waals surface area (Å²) in [6.45, 7) is 0.106. The van der Waals surface area contributed by atoms with E-state index in [2.05, 4.69) is 5.32 Å². The summed E-state index contributed by atoms with van der Waals surface area (Å²) in [6, 6.07) is 21.7. The number of pyridine rings is 1. The van der Waals surface area contributed by atoms with Gasteiger partial charge in [0.25, 0.3) is 5.91 Å². The van der Waals surface area contributed by atoms with Gasteiger partial charge in [-0.25, -0.2) is 0 Å². The summed E-state index contributed by atoms with van der Waals surface area (Å²) in [5.74, 6) is 0.391. The molecule has 3 aromatic carbocycles. The molecule has 0 radical (unpaired) electrons. The maximum atomic E-state index is 13.1. The third kappa shape index (κ3) is 3.93. The number of methoxy groups -OCH3 is 1. The molecule has 0 aliphatic carbocycles. The Labute approximate surface area is 178 Å². The molecule has 6 heteroatoms. The summed E-state index contributed by atoms with van der Waals surface area (Å²) in [4.78, 5) is 25.5. The lowest BCUT2D eigenvalue weighted by atomic mass is 10.1. The molecular formula is C24H19ClN2O3. The molecule has 0 bridgehead atoms. The number of carbonyl (C=O) groups excluding carboxylic acids is 1. The number of rotatable bonds is 5. The number of hydrogen-bond donors (Lipinski definition) is 1. The van der Waals surface area contributed by atoms with Crippen LogP contribution in [0.25, 0.3) is 16.6 Å². The van der Waals surface area contributed by atoms with Crippen molar-refractivity contribution >= 4 is 28.4 Å². The third-order valence-electron chi connectivity index (χ3n) is 4.87. The lowest BCUT2D eigenvalue weighted by Gasteiger charge is -2.15. The van der Waals surface area contributed by atoms with E-state index in [4.69, 9.17) is 16.3 Å². The van der Waals surface area contributed by atoms with Gasteiger partial charge in [0.2, 0.25) is 0 Å². The monoisotopic (exact) mass is 418 g/mol. The van der Waals surface area contributed by atoms with Gasteiger partial charge in [0.05, 0.1) is 12.6 Å². The Morgan fingerprint density at radius 2 is 1.77 bits per heavy atom. The molecule has 1 N–H and O–H groups in total. The predicted octanol–water partition coefficient (Wildman–Crippen LogP) is 4.58. The van der Waals surface area contributed by atoms with Crippen LogP contribution in [0.15, 0.2) is 83.8 Å². The molecule has 0 aliphatic rings. The van der Waals surface area contributed by atoms with Crippen molar-refractivity contribution in [1.29, 1.82) is 0 Å². The van der Waals surface area contributed by atoms with Gasteiger partial charge >= 0.3 is 0 Å². The number of amides is 1. The molecule has 0 unspecified atom stereocenters. The number of carbonyl (C=O) groups is 1. The molecule has 0 saturated heterocycles. The Morgan fingerprint density at radius 1 is 1.03 bits per heavy atom. The number of ether oxygens (including phenoxy) is 1. The third-order valence-corrected chi connectivity index (χ3v) is 5.12. The van der Waals surface area contributed by atoms with Crippen LogP contribution >= 0.6 is 11.6 Å². The minimum absolute atomic E-state index is 0.106. The highest BCUT2D eigenvalue weighted by molar-refractivity contribution is 6.30. The second kappa shape index (κ2) is 8.43. The van der Waals surface area contributed by atoms with Gasteiger partial charge in [0.1, 0.15) is 5.75 Å². The van der Waals surface area contributed by atoms with E-state index in [9.17, 15) is 9.59 Å². The SMILES string of the molecule is COc1ccc2c(=O)c(CNC(=O)c3ccc(Cl)cc3)cn(-c3ccccc3)c2c1. The average Bonchev–Trinajstić information content (AvgIpc) is 2.79. The average molecular weight is 419 g/mol. The van der Waals surface area contributed by atoms with Crippen LogP contribution in [0.3, 0.4) is 0 Å². The van der Waals surface area contributed by atoms with E-state index < -0.39 is 0 Å². The zero-order valence-electron chi connectivity index (χ0n) is 16.3. The normalized spacial score (nSPS) is 10.7. The van der Waals surface area contributed by atoms with Gasteiger partial charge in [-0.2, -0.15) is 0 Å². The van der Waals surface area contributed by atoms with Crippen LogP contribution in [-0.2, 0) is 6.54 Å². The minimum Gasteiger partial charge on any atom is -0.497 e. The number of halogens is 1. The topological polar surface area (TPSA) is 60.3 Å². The highest BCUT2D eigenvalue weighted by Gasteiger charge is 2.13. The molecule has 0 saturated carbocycles. The second-order valence-electron chi connectivity index (χ2n) is 6.76. The van der Waals surface area contributed by atoms with Crippen molar-refractivity contribution in [3.8, 4) is 11.4 Å². The van der Waals surface area contributed by atoms with Crippen molar-refractivity contribution in [3.05, 3.63) is 105 Å². The molecule has 1 amide bonds. The van der Waals surface area contributed by atoms with E-state index in [0.717, 1.165) is 11.2 Å². The molecule has 0 fully saturated rings. The Hall–Kier alpha value is -3.57. The number of aromatic nitrogens is 1. The van der Waals surface area contributed by atoms with E-state index in [-0.39, 0.29) is 17.9 Å². The number of benzene rings is 3. The van der Waals surface area contributed by atoms with Crippen molar-refractivity contribution in [3.63, 3.8) is 0 Å². The molecule has 4 aromatic rings. The van der Waals surface area contributed by atoms with Crippen molar-refractivity contribution in [2.45, 2.75) is 6.54 Å². The number of hydrogen-bond acceptors (Lipinski definition) is 3. The fraction of sp³-hybridized carbons (Fsp3) is 0.0833. The van der Waals surface area contributed by atoms with Crippen LogP contribution in [0, 0.1) is 0 Å². The maximum absolute atomic E-state index is 13.1. The zero-order chi connectivity index (χ0) is 21.1. The summed E-state index contributed by atoms with van der Waals surface area (Å²) >= 11 is 5.88. The molecule has 4 rings (SSSR count). The molecule has 0 atom stereocenters. The van der Waals surface area contributed by atoms with E-state index in [0.29, 0.717) is 27.3 Å². The largest absolute Gasteiger partial charge is 0.497 e. The van der Waals surface area contributed by atoms with Gasteiger partial charge in [-0.1, -0.05) is 29.8 Å². The van der Waals surface area contributed by atoms with Crippen LogP contribution in [-0.4, -0.2) is 17.6 Å². The first-order chi connectivity index (χ1) is 14.6. The van der Waals surface area contributed by atoms with Crippen LogP contribution in [0.2, 0.25) is 5.02 Å². The van der Waals surface area contributed by atoms with Gasteiger partial charge in [-0.15, -0.1) is 0 Å². The number of nitrogens with one attached hydrogen (secondary N) is 1. The maximum Gasteiger partial charge on any atom is 0.251 e. The van der Waals surface area contributed by atoms with E-state index in [1.807, 2.05) is 41.0 Å². The molecule has 0 aliphatic heterocycles. The lowest BCUT2D eigenvalue weighted by molar-refractivity contribution is 0.0951.